The van der Waals surface area contributed by atoms with Crippen molar-refractivity contribution in [3.05, 3.63) is 21.8 Å². The van der Waals surface area contributed by atoms with E-state index in [-0.39, 0.29) is 11.4 Å². The first kappa shape index (κ1) is 10.6. The van der Waals surface area contributed by atoms with E-state index in [0.717, 1.165) is 3.57 Å². The smallest absolute Gasteiger partial charge is 0.124 e. The van der Waals surface area contributed by atoms with E-state index in [2.05, 4.69) is 22.6 Å². The number of aromatic hydroxyl groups is 1. The Hall–Kier alpha value is -0.450. The molecule has 72 valence electrons. The van der Waals surface area contributed by atoms with E-state index >= 15 is 0 Å². The topological polar surface area (TPSA) is 29.5 Å². The maximum Gasteiger partial charge on any atom is 0.124 e. The van der Waals surface area contributed by atoms with Gasteiger partial charge in [-0.2, -0.15) is 0 Å². The van der Waals surface area contributed by atoms with Crippen molar-refractivity contribution >= 4 is 22.6 Å². The third-order valence-electron chi connectivity index (χ3n) is 1.28. The van der Waals surface area contributed by atoms with Crippen molar-refractivity contribution in [1.29, 1.82) is 0 Å². The van der Waals surface area contributed by atoms with E-state index in [1.54, 1.807) is 12.1 Å². The van der Waals surface area contributed by atoms with Crippen LogP contribution in [0, 0.1) is 3.57 Å². The summed E-state index contributed by atoms with van der Waals surface area (Å²) >= 11 is 2.14. The predicted molar refractivity (Wildman–Crippen MR) is 61.2 cm³/mol. The molecular weight excluding hydrogens is 279 g/mol. The number of phenols is 1. The number of hydrogen-bond acceptors (Lipinski definition) is 2. The van der Waals surface area contributed by atoms with Crippen LogP contribution in [-0.4, -0.2) is 10.7 Å². The minimum atomic E-state index is -0.225. The highest BCUT2D eigenvalue weighted by molar-refractivity contribution is 14.1. The molecule has 0 saturated heterocycles. The fourth-order valence-corrected chi connectivity index (χ4v) is 1.59. The van der Waals surface area contributed by atoms with Gasteiger partial charge in [0.1, 0.15) is 17.1 Å². The Morgan fingerprint density at radius 3 is 2.31 bits per heavy atom. The lowest BCUT2D eigenvalue weighted by atomic mass is 10.2. The van der Waals surface area contributed by atoms with Gasteiger partial charge in [0.15, 0.2) is 0 Å². The molecule has 0 atom stereocenters. The summed E-state index contributed by atoms with van der Waals surface area (Å²) in [6, 6.07) is 5.20. The predicted octanol–water partition coefficient (Wildman–Crippen LogP) is 3.17. The molecule has 2 nitrogen and oxygen atoms in total. The number of rotatable bonds is 1. The Bertz CT molecular complexity index is 282. The standard InChI is InChI=1S/C10H13IO2/c1-10(2,3)13-9-5-7(11)4-8(12)6-9/h4-6,12H,1-3H3. The Morgan fingerprint density at radius 1 is 1.23 bits per heavy atom. The molecule has 0 heterocycles. The molecule has 1 aromatic carbocycles. The highest BCUT2D eigenvalue weighted by atomic mass is 127. The second-order valence-electron chi connectivity index (χ2n) is 3.86. The molecule has 1 rings (SSSR count). The molecule has 0 radical (unpaired) electrons. The first-order chi connectivity index (χ1) is 5.87. The van der Waals surface area contributed by atoms with E-state index < -0.39 is 0 Å². The van der Waals surface area contributed by atoms with Crippen LogP contribution < -0.4 is 4.74 Å². The molecule has 0 aliphatic rings. The van der Waals surface area contributed by atoms with E-state index in [9.17, 15) is 5.11 Å². The van der Waals surface area contributed by atoms with Gasteiger partial charge in [0.25, 0.3) is 0 Å². The van der Waals surface area contributed by atoms with Gasteiger partial charge in [0, 0.05) is 9.64 Å². The van der Waals surface area contributed by atoms with Gasteiger partial charge in [-0.3, -0.25) is 0 Å². The summed E-state index contributed by atoms with van der Waals surface area (Å²) in [5.74, 6) is 0.947. The first-order valence-electron chi connectivity index (χ1n) is 4.05. The molecule has 13 heavy (non-hydrogen) atoms. The van der Waals surface area contributed by atoms with Crippen LogP contribution in [0.15, 0.2) is 18.2 Å². The van der Waals surface area contributed by atoms with Crippen LogP contribution in [0.3, 0.4) is 0 Å². The summed E-state index contributed by atoms with van der Waals surface area (Å²) < 4.78 is 6.57. The molecule has 0 aromatic heterocycles. The van der Waals surface area contributed by atoms with E-state index in [1.807, 2.05) is 26.8 Å². The van der Waals surface area contributed by atoms with Crippen LogP contribution in [-0.2, 0) is 0 Å². The zero-order valence-electron chi connectivity index (χ0n) is 7.97. The van der Waals surface area contributed by atoms with Crippen LogP contribution in [0.5, 0.6) is 11.5 Å². The van der Waals surface area contributed by atoms with Crippen molar-refractivity contribution in [2.75, 3.05) is 0 Å². The Kier molecular flexibility index (Phi) is 3.05. The van der Waals surface area contributed by atoms with Crippen molar-refractivity contribution in [2.24, 2.45) is 0 Å². The lowest BCUT2D eigenvalue weighted by Crippen LogP contribution is -2.22. The van der Waals surface area contributed by atoms with Crippen LogP contribution in [0.2, 0.25) is 0 Å². The largest absolute Gasteiger partial charge is 0.508 e. The summed E-state index contributed by atoms with van der Waals surface area (Å²) in [6.45, 7) is 5.93. The van der Waals surface area contributed by atoms with Gasteiger partial charge in [0.2, 0.25) is 0 Å². The van der Waals surface area contributed by atoms with Crippen molar-refractivity contribution in [1.82, 2.24) is 0 Å². The summed E-state index contributed by atoms with van der Waals surface area (Å²) in [5.41, 5.74) is -0.225. The Labute approximate surface area is 92.1 Å². The molecule has 0 bridgehead atoms. The van der Waals surface area contributed by atoms with Crippen molar-refractivity contribution < 1.29 is 9.84 Å². The molecule has 0 spiro atoms. The Morgan fingerprint density at radius 2 is 1.85 bits per heavy atom. The normalized spacial score (nSPS) is 11.4. The number of halogens is 1. The van der Waals surface area contributed by atoms with Crippen LogP contribution in [0.1, 0.15) is 20.8 Å². The minimum absolute atomic E-state index is 0.225. The number of ether oxygens (including phenoxy) is 1. The molecular formula is C10H13IO2. The van der Waals surface area contributed by atoms with Gasteiger partial charge in [-0.1, -0.05) is 0 Å². The summed E-state index contributed by atoms with van der Waals surface area (Å²) in [6.07, 6.45) is 0. The maximum atomic E-state index is 9.31. The average molecular weight is 292 g/mol. The zero-order valence-corrected chi connectivity index (χ0v) is 10.1. The van der Waals surface area contributed by atoms with Crippen LogP contribution >= 0.6 is 22.6 Å². The van der Waals surface area contributed by atoms with Gasteiger partial charge in [-0.05, 0) is 55.5 Å². The molecule has 0 saturated carbocycles. The highest BCUT2D eigenvalue weighted by Gasteiger charge is 2.12. The fraction of sp³-hybridized carbons (Fsp3) is 0.400. The quantitative estimate of drug-likeness (QED) is 0.806. The van der Waals surface area contributed by atoms with E-state index in [4.69, 9.17) is 4.74 Å². The SMILES string of the molecule is CC(C)(C)Oc1cc(O)cc(I)c1. The summed E-state index contributed by atoms with van der Waals surface area (Å²) in [7, 11) is 0. The first-order valence-corrected chi connectivity index (χ1v) is 5.13. The summed E-state index contributed by atoms with van der Waals surface area (Å²) in [4.78, 5) is 0. The van der Waals surface area contributed by atoms with Gasteiger partial charge in [0.05, 0.1) is 0 Å². The van der Waals surface area contributed by atoms with Crippen molar-refractivity contribution in [2.45, 2.75) is 26.4 Å². The second kappa shape index (κ2) is 3.74. The van der Waals surface area contributed by atoms with Gasteiger partial charge in [-0.15, -0.1) is 0 Å². The molecule has 0 amide bonds. The van der Waals surface area contributed by atoms with Crippen LogP contribution in [0.25, 0.3) is 0 Å². The number of phenolic OH excluding ortho intramolecular Hbond substituents is 1. The van der Waals surface area contributed by atoms with Gasteiger partial charge in [-0.25, -0.2) is 0 Å². The molecule has 1 N–H and O–H groups in total. The van der Waals surface area contributed by atoms with Gasteiger partial charge < -0.3 is 9.84 Å². The molecule has 0 aliphatic heterocycles. The van der Waals surface area contributed by atoms with Crippen molar-refractivity contribution in [3.8, 4) is 11.5 Å². The summed E-state index contributed by atoms with van der Waals surface area (Å²) in [5, 5.41) is 9.31. The third-order valence-corrected chi connectivity index (χ3v) is 1.90. The van der Waals surface area contributed by atoms with Gasteiger partial charge >= 0.3 is 0 Å². The molecule has 0 fully saturated rings. The fourth-order valence-electron chi connectivity index (χ4n) is 0.960. The minimum Gasteiger partial charge on any atom is -0.508 e. The molecule has 3 heteroatoms. The number of benzene rings is 1. The highest BCUT2D eigenvalue weighted by Crippen LogP contribution is 2.25. The zero-order chi connectivity index (χ0) is 10.1. The monoisotopic (exact) mass is 292 g/mol. The average Bonchev–Trinajstić information content (AvgIpc) is 1.78. The second-order valence-corrected chi connectivity index (χ2v) is 5.11. The van der Waals surface area contributed by atoms with E-state index in [0.29, 0.717) is 5.75 Å². The number of hydrogen-bond donors (Lipinski definition) is 1. The van der Waals surface area contributed by atoms with Crippen molar-refractivity contribution in [3.63, 3.8) is 0 Å². The van der Waals surface area contributed by atoms with E-state index in [1.165, 1.54) is 0 Å². The maximum absolute atomic E-state index is 9.31. The molecule has 1 aromatic rings. The lowest BCUT2D eigenvalue weighted by Gasteiger charge is -2.21. The molecule has 0 unspecified atom stereocenters. The third kappa shape index (κ3) is 3.85. The Balaban J connectivity index is 2.90. The lowest BCUT2D eigenvalue weighted by molar-refractivity contribution is 0.130. The molecule has 0 aliphatic carbocycles. The van der Waals surface area contributed by atoms with Crippen LogP contribution in [0.4, 0.5) is 0 Å².